The Morgan fingerprint density at radius 1 is 1.33 bits per heavy atom. The number of nitrogens with two attached hydrogens (primary N) is 1. The normalized spacial score (nSPS) is 19.1. The van der Waals surface area contributed by atoms with Gasteiger partial charge in [-0.05, 0) is 24.5 Å². The third-order valence-corrected chi connectivity index (χ3v) is 5.32. The fourth-order valence-corrected chi connectivity index (χ4v) is 4.11. The van der Waals surface area contributed by atoms with Crippen molar-refractivity contribution in [2.75, 3.05) is 50.8 Å². The van der Waals surface area contributed by atoms with Gasteiger partial charge in [-0.25, -0.2) is 0 Å². The fraction of sp³-hybridized carbons (Fsp3) is 0.524. The van der Waals surface area contributed by atoms with Gasteiger partial charge in [-0.3, -0.25) is 19.7 Å². The Bertz CT molecular complexity index is 908. The van der Waals surface area contributed by atoms with Crippen molar-refractivity contribution >= 4 is 22.6 Å². The Morgan fingerprint density at radius 2 is 2.10 bits per heavy atom. The number of aromatic nitrogens is 2. The van der Waals surface area contributed by atoms with Crippen LogP contribution in [0.1, 0.15) is 18.9 Å². The van der Waals surface area contributed by atoms with Crippen LogP contribution >= 0.6 is 0 Å². The zero-order valence-corrected chi connectivity index (χ0v) is 17.3. The lowest BCUT2D eigenvalue weighted by Crippen LogP contribution is -2.52. The second-order valence-corrected chi connectivity index (χ2v) is 7.80. The molecular formula is C21H29N7O2. The van der Waals surface area contributed by atoms with Crippen molar-refractivity contribution in [2.45, 2.75) is 19.4 Å². The molecule has 0 saturated carbocycles. The van der Waals surface area contributed by atoms with Gasteiger partial charge in [0.1, 0.15) is 17.1 Å². The highest BCUT2D eigenvalue weighted by Crippen LogP contribution is 2.30. The van der Waals surface area contributed by atoms with E-state index < -0.39 is 0 Å². The molecule has 2 aromatic rings. The largest absolute Gasteiger partial charge is 0.395 e. The summed E-state index contributed by atoms with van der Waals surface area (Å²) in [5, 5.41) is 21.7. The summed E-state index contributed by atoms with van der Waals surface area (Å²) < 4.78 is 0. The zero-order chi connectivity index (χ0) is 21.5. The molecule has 0 unspecified atom stereocenters. The van der Waals surface area contributed by atoms with Crippen LogP contribution in [0.3, 0.4) is 0 Å². The van der Waals surface area contributed by atoms with Gasteiger partial charge in [0.05, 0.1) is 24.4 Å². The van der Waals surface area contributed by atoms with E-state index in [0.717, 1.165) is 18.7 Å². The highest BCUT2D eigenvalue weighted by molar-refractivity contribution is 5.92. The zero-order valence-electron chi connectivity index (χ0n) is 17.3. The lowest BCUT2D eigenvalue weighted by atomic mass is 9.95. The lowest BCUT2D eigenvalue weighted by Gasteiger charge is -2.38. The van der Waals surface area contributed by atoms with Crippen molar-refractivity contribution in [3.63, 3.8) is 0 Å². The number of nitriles is 1. The van der Waals surface area contributed by atoms with Crippen LogP contribution < -0.4 is 16.0 Å². The minimum atomic E-state index is -0.0690. The van der Waals surface area contributed by atoms with Crippen LogP contribution in [0, 0.1) is 17.2 Å². The third kappa shape index (κ3) is 5.21. The van der Waals surface area contributed by atoms with E-state index in [1.807, 2.05) is 11.0 Å². The number of nitrogens with zero attached hydrogens (tertiary/aromatic N) is 5. The molecule has 30 heavy (non-hydrogen) atoms. The number of benzene rings is 1. The molecule has 1 aromatic carbocycles. The molecule has 2 atom stereocenters. The molecule has 4 N–H and O–H groups in total. The second kappa shape index (κ2) is 10.3. The molecule has 1 saturated heterocycles. The number of fused-ring (bicyclic) bond motifs is 1. The maximum absolute atomic E-state index is 12.6. The van der Waals surface area contributed by atoms with Gasteiger partial charge in [0, 0.05) is 51.2 Å². The first-order valence-corrected chi connectivity index (χ1v) is 10.3. The summed E-state index contributed by atoms with van der Waals surface area (Å²) in [6, 6.07) is 5.86. The predicted molar refractivity (Wildman–Crippen MR) is 115 cm³/mol. The van der Waals surface area contributed by atoms with Crippen molar-refractivity contribution in [3.8, 4) is 6.07 Å². The minimum Gasteiger partial charge on any atom is -0.395 e. The Hall–Kier alpha value is -2.80. The molecule has 0 aliphatic carbocycles. The number of anilines is 1. The lowest BCUT2D eigenvalue weighted by molar-refractivity contribution is -0.123. The molecule has 0 bridgehead atoms. The minimum absolute atomic E-state index is 0.00234. The molecule has 9 heteroatoms. The van der Waals surface area contributed by atoms with Crippen LogP contribution in [0.5, 0.6) is 0 Å². The Balaban J connectivity index is 1.74. The molecule has 0 radical (unpaired) electrons. The Morgan fingerprint density at radius 3 is 2.80 bits per heavy atom. The van der Waals surface area contributed by atoms with Gasteiger partial charge in [0.15, 0.2) is 0 Å². The van der Waals surface area contributed by atoms with E-state index >= 15 is 0 Å². The van der Waals surface area contributed by atoms with Gasteiger partial charge in [-0.2, -0.15) is 5.26 Å². The molecular weight excluding hydrogens is 382 g/mol. The van der Waals surface area contributed by atoms with Crippen molar-refractivity contribution < 1.29 is 9.90 Å². The number of aliphatic hydroxyl groups is 1. The highest BCUT2D eigenvalue weighted by atomic mass is 16.3. The Kier molecular flexibility index (Phi) is 7.52. The van der Waals surface area contributed by atoms with E-state index in [4.69, 9.17) is 10.8 Å². The number of aliphatic hydroxyl groups excluding tert-OH is 1. The number of amides is 1. The SMILES string of the molecule is C[C@H]1C[C@@H](NC(=O)CN(CCN)CCO)CN(c2ccc(C#N)c3nccnc23)C1. The molecule has 1 aliphatic heterocycles. The summed E-state index contributed by atoms with van der Waals surface area (Å²) >= 11 is 0. The number of nitrogens with one attached hydrogen (secondary N) is 1. The quantitative estimate of drug-likeness (QED) is 0.557. The van der Waals surface area contributed by atoms with E-state index in [9.17, 15) is 10.1 Å². The summed E-state index contributed by atoms with van der Waals surface area (Å²) in [6.07, 6.45) is 4.11. The van der Waals surface area contributed by atoms with Crippen LogP contribution in [0.4, 0.5) is 5.69 Å². The topological polar surface area (TPSA) is 131 Å². The van der Waals surface area contributed by atoms with Gasteiger partial charge in [-0.15, -0.1) is 0 Å². The van der Waals surface area contributed by atoms with Gasteiger partial charge >= 0.3 is 0 Å². The summed E-state index contributed by atoms with van der Waals surface area (Å²) in [7, 11) is 0. The molecule has 160 valence electrons. The molecule has 0 spiro atoms. The second-order valence-electron chi connectivity index (χ2n) is 7.80. The Labute approximate surface area is 176 Å². The van der Waals surface area contributed by atoms with Gasteiger partial charge in [0.2, 0.25) is 5.91 Å². The van der Waals surface area contributed by atoms with E-state index in [1.165, 1.54) is 0 Å². The van der Waals surface area contributed by atoms with Crippen molar-refractivity contribution in [1.82, 2.24) is 20.2 Å². The van der Waals surface area contributed by atoms with Gasteiger partial charge in [-0.1, -0.05) is 6.92 Å². The van der Waals surface area contributed by atoms with Crippen molar-refractivity contribution in [2.24, 2.45) is 11.7 Å². The molecule has 2 heterocycles. The summed E-state index contributed by atoms with van der Waals surface area (Å²) in [5.41, 5.74) is 8.32. The number of rotatable bonds is 8. The molecule has 1 amide bonds. The molecule has 1 aliphatic rings. The maximum atomic E-state index is 12.6. The number of carbonyl (C=O) groups is 1. The van der Waals surface area contributed by atoms with E-state index in [0.29, 0.717) is 48.7 Å². The summed E-state index contributed by atoms with van der Waals surface area (Å²) in [5.74, 6) is 0.310. The average Bonchev–Trinajstić information content (AvgIpc) is 2.72. The maximum Gasteiger partial charge on any atom is 0.234 e. The summed E-state index contributed by atoms with van der Waals surface area (Å²) in [6.45, 7) is 5.30. The third-order valence-electron chi connectivity index (χ3n) is 5.32. The molecule has 1 fully saturated rings. The molecule has 3 rings (SSSR count). The monoisotopic (exact) mass is 411 g/mol. The number of hydrogen-bond acceptors (Lipinski definition) is 8. The van der Waals surface area contributed by atoms with Crippen LogP contribution in [-0.4, -0.2) is 77.8 Å². The first kappa shape index (κ1) is 21.9. The first-order valence-electron chi connectivity index (χ1n) is 10.3. The van der Waals surface area contributed by atoms with Crippen molar-refractivity contribution in [1.29, 1.82) is 5.26 Å². The summed E-state index contributed by atoms with van der Waals surface area (Å²) in [4.78, 5) is 25.4. The number of hydrogen-bond donors (Lipinski definition) is 3. The smallest absolute Gasteiger partial charge is 0.234 e. The molecule has 9 nitrogen and oxygen atoms in total. The van der Waals surface area contributed by atoms with Gasteiger partial charge < -0.3 is 21.1 Å². The standard InChI is InChI=1S/C21H29N7O2/c1-15-10-17(26-19(30)14-27(7-4-22)8-9-29)13-28(12-15)18-3-2-16(11-23)20-21(18)25-6-5-24-20/h2-3,5-6,15,17,29H,4,7-10,12-14,22H2,1H3,(H,26,30)/t15-,17+/m0/s1. The fourth-order valence-electron chi connectivity index (χ4n) is 4.11. The highest BCUT2D eigenvalue weighted by Gasteiger charge is 2.28. The van der Waals surface area contributed by atoms with Crippen molar-refractivity contribution in [3.05, 3.63) is 30.1 Å². The van der Waals surface area contributed by atoms with Crippen LogP contribution in [-0.2, 0) is 4.79 Å². The van der Waals surface area contributed by atoms with Gasteiger partial charge in [0.25, 0.3) is 0 Å². The average molecular weight is 412 g/mol. The predicted octanol–water partition coefficient (Wildman–Crippen LogP) is 0.0855. The number of carbonyl (C=O) groups excluding carboxylic acids is 1. The number of piperidine rings is 1. The van der Waals surface area contributed by atoms with Crippen LogP contribution in [0.2, 0.25) is 0 Å². The van der Waals surface area contributed by atoms with E-state index in [-0.39, 0.29) is 25.1 Å². The molecule has 1 aromatic heterocycles. The first-order chi connectivity index (χ1) is 14.5. The van der Waals surface area contributed by atoms with Crippen LogP contribution in [0.25, 0.3) is 11.0 Å². The van der Waals surface area contributed by atoms with E-state index in [2.05, 4.69) is 33.2 Å². The van der Waals surface area contributed by atoms with Crippen LogP contribution in [0.15, 0.2) is 24.5 Å². The van der Waals surface area contributed by atoms with E-state index in [1.54, 1.807) is 18.5 Å².